The second kappa shape index (κ2) is 8.31. The van der Waals surface area contributed by atoms with E-state index in [2.05, 4.69) is 51.9 Å². The molecule has 0 saturated carbocycles. The summed E-state index contributed by atoms with van der Waals surface area (Å²) in [6, 6.07) is 15.6. The first-order valence-electron chi connectivity index (χ1n) is 8.58. The van der Waals surface area contributed by atoms with Gasteiger partial charge in [-0.15, -0.1) is 11.3 Å². The van der Waals surface area contributed by atoms with Gasteiger partial charge in [0, 0.05) is 10.9 Å². The minimum absolute atomic E-state index is 0.128. The van der Waals surface area contributed by atoms with Crippen molar-refractivity contribution >= 4 is 56.5 Å². The van der Waals surface area contributed by atoms with Crippen molar-refractivity contribution in [1.29, 1.82) is 0 Å². The monoisotopic (exact) mass is 425 g/mol. The van der Waals surface area contributed by atoms with E-state index in [9.17, 15) is 4.79 Å². The van der Waals surface area contributed by atoms with Gasteiger partial charge in [0.1, 0.15) is 16.2 Å². The van der Waals surface area contributed by atoms with Crippen molar-refractivity contribution in [2.24, 2.45) is 0 Å². The van der Waals surface area contributed by atoms with E-state index in [1.807, 2.05) is 12.1 Å². The van der Waals surface area contributed by atoms with Crippen molar-refractivity contribution in [2.75, 3.05) is 11.1 Å². The van der Waals surface area contributed by atoms with Crippen LogP contribution in [0, 0.1) is 6.92 Å². The number of hydrogen-bond acceptors (Lipinski definition) is 5. The molecule has 0 radical (unpaired) electrons. The number of aryl methyl sites for hydroxylation is 1. The van der Waals surface area contributed by atoms with Crippen LogP contribution < -0.4 is 5.32 Å². The zero-order chi connectivity index (χ0) is 19.5. The molecule has 0 unspecified atom stereocenters. The number of para-hydroxylation sites is 1. The lowest BCUT2D eigenvalue weighted by atomic mass is 10.1. The Hall–Kier alpha value is -2.41. The van der Waals surface area contributed by atoms with Crippen molar-refractivity contribution in [2.45, 2.75) is 11.9 Å². The smallest absolute Gasteiger partial charge is 0.234 e. The highest BCUT2D eigenvalue weighted by Crippen LogP contribution is 2.38. The lowest BCUT2D eigenvalue weighted by Crippen LogP contribution is -2.14. The lowest BCUT2D eigenvalue weighted by molar-refractivity contribution is -0.113. The van der Waals surface area contributed by atoms with E-state index in [4.69, 9.17) is 11.6 Å². The number of amides is 1. The Kier molecular flexibility index (Phi) is 5.62. The number of benzene rings is 2. The number of fused-ring (bicyclic) bond motifs is 1. The fourth-order valence-electron chi connectivity index (χ4n) is 2.79. The van der Waals surface area contributed by atoms with Crippen molar-refractivity contribution in [3.05, 3.63) is 70.8 Å². The highest BCUT2D eigenvalue weighted by Gasteiger charge is 2.15. The number of carbonyl (C=O) groups is 1. The predicted molar refractivity (Wildman–Crippen MR) is 118 cm³/mol. The molecule has 0 aliphatic rings. The average molecular weight is 426 g/mol. The Morgan fingerprint density at radius 2 is 1.93 bits per heavy atom. The molecule has 0 fully saturated rings. The molecule has 1 N–H and O–H groups in total. The van der Waals surface area contributed by atoms with Crippen molar-refractivity contribution < 1.29 is 4.79 Å². The van der Waals surface area contributed by atoms with Gasteiger partial charge in [-0.25, -0.2) is 9.97 Å². The maximum Gasteiger partial charge on any atom is 0.234 e. The summed E-state index contributed by atoms with van der Waals surface area (Å²) in [7, 11) is 0. The third-order valence-electron chi connectivity index (χ3n) is 4.19. The van der Waals surface area contributed by atoms with Crippen LogP contribution in [-0.2, 0) is 4.79 Å². The van der Waals surface area contributed by atoms with Crippen LogP contribution in [0.1, 0.15) is 5.56 Å². The number of hydrogen-bond donors (Lipinski definition) is 1. The molecule has 7 heteroatoms. The number of nitrogens with zero attached hydrogens (tertiary/aromatic N) is 2. The molecule has 0 aliphatic carbocycles. The number of aromatic nitrogens is 2. The van der Waals surface area contributed by atoms with Crippen LogP contribution in [0.25, 0.3) is 21.3 Å². The summed E-state index contributed by atoms with van der Waals surface area (Å²) < 4.78 is 0. The standard InChI is InChI=1S/C21H16ClN3OS2/c1-13-6-8-14(9-7-13)15-10-27-20-19(15)21(24-12-23-20)28-11-18(26)25-17-5-3-2-4-16(17)22/h2-10,12H,11H2,1H3,(H,25,26). The van der Waals surface area contributed by atoms with Crippen molar-refractivity contribution in [3.63, 3.8) is 0 Å². The number of thiophene rings is 1. The third kappa shape index (κ3) is 4.04. The second-order valence-corrected chi connectivity index (χ2v) is 8.42. The van der Waals surface area contributed by atoms with Gasteiger partial charge >= 0.3 is 0 Å². The van der Waals surface area contributed by atoms with Gasteiger partial charge < -0.3 is 5.32 Å². The highest BCUT2D eigenvalue weighted by atomic mass is 35.5. The molecule has 0 saturated heterocycles. The molecular formula is C21H16ClN3OS2. The fraction of sp³-hybridized carbons (Fsp3) is 0.0952. The summed E-state index contributed by atoms with van der Waals surface area (Å²) in [4.78, 5) is 22.1. The number of carbonyl (C=O) groups excluding carboxylic acids is 1. The number of anilines is 1. The summed E-state index contributed by atoms with van der Waals surface area (Å²) >= 11 is 9.09. The summed E-state index contributed by atoms with van der Waals surface area (Å²) in [5.74, 6) is 0.109. The Bertz CT molecular complexity index is 1140. The Morgan fingerprint density at radius 1 is 1.14 bits per heavy atom. The van der Waals surface area contributed by atoms with Gasteiger partial charge in [0.2, 0.25) is 5.91 Å². The minimum Gasteiger partial charge on any atom is -0.324 e. The van der Waals surface area contributed by atoms with Crippen LogP contribution in [-0.4, -0.2) is 21.6 Å². The molecule has 140 valence electrons. The van der Waals surface area contributed by atoms with Gasteiger partial charge in [-0.2, -0.15) is 0 Å². The van der Waals surface area contributed by atoms with E-state index in [0.717, 1.165) is 26.4 Å². The summed E-state index contributed by atoms with van der Waals surface area (Å²) in [5, 5.41) is 7.25. The zero-order valence-corrected chi connectivity index (χ0v) is 17.4. The van der Waals surface area contributed by atoms with Gasteiger partial charge in [0.15, 0.2) is 0 Å². The molecule has 0 bridgehead atoms. The van der Waals surface area contributed by atoms with Crippen LogP contribution in [0.5, 0.6) is 0 Å². The molecule has 28 heavy (non-hydrogen) atoms. The first-order chi connectivity index (χ1) is 13.6. The Balaban J connectivity index is 1.57. The average Bonchev–Trinajstić information content (AvgIpc) is 3.13. The van der Waals surface area contributed by atoms with E-state index in [0.29, 0.717) is 10.7 Å². The largest absolute Gasteiger partial charge is 0.324 e. The molecule has 1 amide bonds. The molecule has 2 aromatic heterocycles. The van der Waals surface area contributed by atoms with Crippen LogP contribution >= 0.6 is 34.7 Å². The third-order valence-corrected chi connectivity index (χ3v) is 6.39. The van der Waals surface area contributed by atoms with Crippen molar-refractivity contribution in [1.82, 2.24) is 9.97 Å². The minimum atomic E-state index is -0.128. The Morgan fingerprint density at radius 3 is 2.71 bits per heavy atom. The normalized spacial score (nSPS) is 10.9. The van der Waals surface area contributed by atoms with Gasteiger partial charge in [-0.3, -0.25) is 4.79 Å². The molecule has 2 heterocycles. The number of rotatable bonds is 5. The van der Waals surface area contributed by atoms with Gasteiger partial charge in [0.05, 0.1) is 21.8 Å². The van der Waals surface area contributed by atoms with Crippen LogP contribution in [0.3, 0.4) is 0 Å². The fourth-order valence-corrected chi connectivity index (χ4v) is 4.76. The van der Waals surface area contributed by atoms with Gasteiger partial charge in [0.25, 0.3) is 0 Å². The molecule has 0 aliphatic heterocycles. The zero-order valence-electron chi connectivity index (χ0n) is 15.0. The van der Waals surface area contributed by atoms with E-state index in [1.54, 1.807) is 29.8 Å². The SMILES string of the molecule is Cc1ccc(-c2csc3ncnc(SCC(=O)Nc4ccccc4Cl)c23)cc1. The topological polar surface area (TPSA) is 54.9 Å². The maximum absolute atomic E-state index is 12.4. The van der Waals surface area contributed by atoms with Crippen LogP contribution in [0.4, 0.5) is 5.69 Å². The maximum atomic E-state index is 12.4. The van der Waals surface area contributed by atoms with Crippen molar-refractivity contribution in [3.8, 4) is 11.1 Å². The number of halogens is 1. The van der Waals surface area contributed by atoms with E-state index < -0.39 is 0 Å². The second-order valence-electron chi connectivity index (χ2n) is 6.19. The number of thioether (sulfide) groups is 1. The van der Waals surface area contributed by atoms with Gasteiger partial charge in [-0.05, 0) is 24.6 Å². The highest BCUT2D eigenvalue weighted by molar-refractivity contribution is 8.00. The van der Waals surface area contributed by atoms with E-state index in [-0.39, 0.29) is 11.7 Å². The van der Waals surface area contributed by atoms with Gasteiger partial charge in [-0.1, -0.05) is 65.3 Å². The molecular weight excluding hydrogens is 410 g/mol. The quantitative estimate of drug-likeness (QED) is 0.312. The molecule has 4 aromatic rings. The lowest BCUT2D eigenvalue weighted by Gasteiger charge is -2.08. The summed E-state index contributed by atoms with van der Waals surface area (Å²) in [5.41, 5.74) is 4.03. The first-order valence-corrected chi connectivity index (χ1v) is 10.8. The molecule has 0 atom stereocenters. The molecule has 0 spiro atoms. The summed E-state index contributed by atoms with van der Waals surface area (Å²) in [6.07, 6.45) is 1.55. The molecule has 4 nitrogen and oxygen atoms in total. The predicted octanol–water partition coefficient (Wildman–Crippen LogP) is 6.05. The van der Waals surface area contributed by atoms with E-state index >= 15 is 0 Å². The Labute approximate surface area is 176 Å². The molecule has 2 aromatic carbocycles. The van der Waals surface area contributed by atoms with Crippen LogP contribution in [0.2, 0.25) is 5.02 Å². The summed E-state index contributed by atoms with van der Waals surface area (Å²) in [6.45, 7) is 2.07. The number of nitrogens with one attached hydrogen (secondary N) is 1. The van der Waals surface area contributed by atoms with E-state index in [1.165, 1.54) is 17.3 Å². The first kappa shape index (κ1) is 18.9. The molecule has 4 rings (SSSR count). The van der Waals surface area contributed by atoms with Crippen LogP contribution in [0.15, 0.2) is 65.3 Å².